The summed E-state index contributed by atoms with van der Waals surface area (Å²) in [7, 11) is -8.09. The van der Waals surface area contributed by atoms with E-state index in [9.17, 15) is 16.8 Å². The fourth-order valence-electron chi connectivity index (χ4n) is 2.93. The Morgan fingerprint density at radius 1 is 0.643 bits per heavy atom. The van der Waals surface area contributed by atoms with Crippen LogP contribution in [0, 0.1) is 0 Å². The molecule has 0 aliphatic rings. The Bertz CT molecular complexity index is 855. The number of hydrogen-bond donors (Lipinski definition) is 0. The molecule has 2 rings (SSSR count). The third-order valence-corrected chi connectivity index (χ3v) is 8.86. The fourth-order valence-corrected chi connectivity index (χ4v) is 6.86. The van der Waals surface area contributed by atoms with Gasteiger partial charge in [-0.2, -0.15) is 0 Å². The van der Waals surface area contributed by atoms with Crippen LogP contribution in [0.2, 0.25) is 0 Å². The van der Waals surface area contributed by atoms with Crippen LogP contribution in [-0.4, -0.2) is 51.6 Å². The Hall–Kier alpha value is -1.74. The van der Waals surface area contributed by atoms with Crippen LogP contribution in [0.4, 0.5) is 0 Å². The molecule has 0 amide bonds. The SMILES string of the molecule is CCN(CC)CCN(S(=O)(=O)Cc1ccccc1)S(=O)(=O)Cc1ccccc1. The van der Waals surface area contributed by atoms with Gasteiger partial charge in [-0.05, 0) is 24.2 Å². The van der Waals surface area contributed by atoms with Crippen LogP contribution in [-0.2, 0) is 31.6 Å². The summed E-state index contributed by atoms with van der Waals surface area (Å²) in [6.45, 7) is 5.64. The molecular weight excluding hydrogens is 396 g/mol. The molecule has 0 heterocycles. The zero-order valence-corrected chi connectivity index (χ0v) is 18.0. The highest BCUT2D eigenvalue weighted by Crippen LogP contribution is 2.19. The molecule has 154 valence electrons. The van der Waals surface area contributed by atoms with E-state index in [4.69, 9.17) is 0 Å². The second-order valence-electron chi connectivity index (χ2n) is 6.51. The summed E-state index contributed by atoms with van der Waals surface area (Å²) < 4.78 is 52.9. The number of likely N-dealkylation sites (N-methyl/N-ethyl adjacent to an activating group) is 1. The highest BCUT2D eigenvalue weighted by Gasteiger charge is 2.34. The Labute approximate surface area is 168 Å². The number of benzene rings is 2. The van der Waals surface area contributed by atoms with Crippen molar-refractivity contribution in [1.29, 1.82) is 0 Å². The number of sulfonamides is 2. The van der Waals surface area contributed by atoms with Crippen molar-refractivity contribution in [3.05, 3.63) is 71.8 Å². The van der Waals surface area contributed by atoms with E-state index in [1.165, 1.54) is 0 Å². The maximum atomic E-state index is 13.1. The summed E-state index contributed by atoms with van der Waals surface area (Å²) >= 11 is 0. The number of hydrogen-bond acceptors (Lipinski definition) is 5. The largest absolute Gasteiger partial charge is 0.303 e. The third-order valence-electron chi connectivity index (χ3n) is 4.50. The minimum absolute atomic E-state index is 0.0913. The van der Waals surface area contributed by atoms with Crippen LogP contribution in [0.3, 0.4) is 0 Å². The van der Waals surface area contributed by atoms with Crippen LogP contribution in [0.5, 0.6) is 0 Å². The molecule has 0 saturated carbocycles. The van der Waals surface area contributed by atoms with Crippen molar-refractivity contribution in [3.8, 4) is 0 Å². The summed E-state index contributed by atoms with van der Waals surface area (Å²) in [5.74, 6) is -0.694. The molecule has 28 heavy (non-hydrogen) atoms. The third kappa shape index (κ3) is 6.41. The summed E-state index contributed by atoms with van der Waals surface area (Å²) in [4.78, 5) is 2.00. The monoisotopic (exact) mass is 424 g/mol. The molecule has 0 saturated heterocycles. The smallest absolute Gasteiger partial charge is 0.231 e. The van der Waals surface area contributed by atoms with Crippen LogP contribution in [0.25, 0.3) is 0 Å². The van der Waals surface area contributed by atoms with Gasteiger partial charge in [0.25, 0.3) is 0 Å². The topological polar surface area (TPSA) is 74.8 Å². The molecule has 8 heteroatoms. The lowest BCUT2D eigenvalue weighted by Crippen LogP contribution is -2.43. The minimum atomic E-state index is -4.05. The van der Waals surface area contributed by atoms with Gasteiger partial charge in [0.1, 0.15) is 0 Å². The van der Waals surface area contributed by atoms with E-state index >= 15 is 0 Å². The average Bonchev–Trinajstić information content (AvgIpc) is 2.65. The molecule has 0 radical (unpaired) electrons. The Balaban J connectivity index is 2.32. The van der Waals surface area contributed by atoms with Gasteiger partial charge in [-0.25, -0.2) is 16.8 Å². The molecule has 2 aromatic carbocycles. The van der Waals surface area contributed by atoms with Crippen LogP contribution < -0.4 is 0 Å². The Morgan fingerprint density at radius 3 is 1.39 bits per heavy atom. The van der Waals surface area contributed by atoms with Gasteiger partial charge in [0.15, 0.2) is 0 Å². The first-order valence-corrected chi connectivity index (χ1v) is 12.5. The van der Waals surface area contributed by atoms with E-state index in [1.807, 2.05) is 18.7 Å². The van der Waals surface area contributed by atoms with E-state index in [0.717, 1.165) is 13.1 Å². The van der Waals surface area contributed by atoms with E-state index in [2.05, 4.69) is 0 Å². The fraction of sp³-hybridized carbons (Fsp3) is 0.400. The van der Waals surface area contributed by atoms with E-state index in [0.29, 0.717) is 21.4 Å². The van der Waals surface area contributed by atoms with Gasteiger partial charge in [0, 0.05) is 13.1 Å². The van der Waals surface area contributed by atoms with Gasteiger partial charge in [-0.1, -0.05) is 78.2 Å². The molecule has 0 unspecified atom stereocenters. The second-order valence-corrected chi connectivity index (χ2v) is 10.5. The Morgan fingerprint density at radius 2 is 1.04 bits per heavy atom. The van der Waals surface area contributed by atoms with Gasteiger partial charge in [0.2, 0.25) is 20.0 Å². The average molecular weight is 425 g/mol. The molecule has 0 atom stereocenters. The number of rotatable bonds is 11. The van der Waals surface area contributed by atoms with E-state index < -0.39 is 20.0 Å². The molecular formula is C20H28N2O4S2. The first-order chi connectivity index (χ1) is 13.3. The zero-order valence-electron chi connectivity index (χ0n) is 16.4. The van der Waals surface area contributed by atoms with Crippen LogP contribution in [0.1, 0.15) is 25.0 Å². The Kier molecular flexibility index (Phi) is 8.18. The second kappa shape index (κ2) is 10.2. The lowest BCUT2D eigenvalue weighted by molar-refractivity contribution is 0.293. The lowest BCUT2D eigenvalue weighted by atomic mass is 10.2. The number of nitrogens with zero attached hydrogens (tertiary/aromatic N) is 2. The van der Waals surface area contributed by atoms with Crippen molar-refractivity contribution in [2.75, 3.05) is 26.2 Å². The van der Waals surface area contributed by atoms with Crippen molar-refractivity contribution >= 4 is 20.0 Å². The summed E-state index contributed by atoms with van der Waals surface area (Å²) in [5, 5.41) is 0. The summed E-state index contributed by atoms with van der Waals surface area (Å²) in [5.41, 5.74) is 1.12. The van der Waals surface area contributed by atoms with Crippen molar-refractivity contribution < 1.29 is 16.8 Å². The maximum absolute atomic E-state index is 13.1. The molecule has 0 fully saturated rings. The van der Waals surface area contributed by atoms with Crippen LogP contribution in [0.15, 0.2) is 60.7 Å². The molecule has 2 aromatic rings. The normalized spacial score (nSPS) is 12.6. The quantitative estimate of drug-likeness (QED) is 0.554. The molecule has 0 bridgehead atoms. The molecule has 0 spiro atoms. The van der Waals surface area contributed by atoms with Gasteiger partial charge in [0.05, 0.1) is 11.5 Å². The highest BCUT2D eigenvalue weighted by molar-refractivity contribution is 8.03. The van der Waals surface area contributed by atoms with Crippen LogP contribution >= 0.6 is 0 Å². The van der Waals surface area contributed by atoms with Gasteiger partial charge in [-0.15, -0.1) is 0 Å². The predicted molar refractivity (Wildman–Crippen MR) is 113 cm³/mol. The lowest BCUT2D eigenvalue weighted by Gasteiger charge is -2.25. The maximum Gasteiger partial charge on any atom is 0.231 e. The zero-order chi connectivity index (χ0) is 20.6. The first-order valence-electron chi connectivity index (χ1n) is 9.32. The van der Waals surface area contributed by atoms with Gasteiger partial charge >= 0.3 is 0 Å². The molecule has 6 nitrogen and oxygen atoms in total. The molecule has 0 aromatic heterocycles. The summed E-state index contributed by atoms with van der Waals surface area (Å²) in [6.07, 6.45) is 0. The van der Waals surface area contributed by atoms with E-state index in [-0.39, 0.29) is 18.1 Å². The van der Waals surface area contributed by atoms with Crippen molar-refractivity contribution in [1.82, 2.24) is 8.61 Å². The molecule has 0 N–H and O–H groups in total. The molecule has 0 aliphatic carbocycles. The highest BCUT2D eigenvalue weighted by atomic mass is 32.3. The first kappa shape index (κ1) is 22.5. The van der Waals surface area contributed by atoms with Crippen molar-refractivity contribution in [3.63, 3.8) is 0 Å². The summed E-state index contributed by atoms with van der Waals surface area (Å²) in [6, 6.07) is 17.3. The van der Waals surface area contributed by atoms with Crippen molar-refractivity contribution in [2.24, 2.45) is 0 Å². The van der Waals surface area contributed by atoms with Gasteiger partial charge in [-0.3, -0.25) is 0 Å². The van der Waals surface area contributed by atoms with Gasteiger partial charge < -0.3 is 4.90 Å². The van der Waals surface area contributed by atoms with Crippen molar-refractivity contribution in [2.45, 2.75) is 25.4 Å². The standard InChI is InChI=1S/C20H28N2O4S2/c1-3-21(4-2)15-16-22(27(23,24)17-19-11-7-5-8-12-19)28(25,26)18-20-13-9-6-10-14-20/h5-14H,3-4,15-18H2,1-2H3. The predicted octanol–water partition coefficient (Wildman–Crippen LogP) is 2.69. The van der Waals surface area contributed by atoms with E-state index in [1.54, 1.807) is 60.7 Å². The molecule has 0 aliphatic heterocycles. The minimum Gasteiger partial charge on any atom is -0.303 e.